The van der Waals surface area contributed by atoms with Crippen molar-refractivity contribution in [3.63, 3.8) is 0 Å². The van der Waals surface area contributed by atoms with Crippen LogP contribution in [0.5, 0.6) is 5.75 Å². The summed E-state index contributed by atoms with van der Waals surface area (Å²) in [6.07, 6.45) is -2.17. The quantitative estimate of drug-likeness (QED) is 0.102. The molecule has 37 heavy (non-hydrogen) atoms. The second-order valence-electron chi connectivity index (χ2n) is 8.14. The first-order valence-electron chi connectivity index (χ1n) is 11.8. The monoisotopic (exact) mass is 516 g/mol. The smallest absolute Gasteiger partial charge is 0.265 e. The van der Waals surface area contributed by atoms with E-state index < -0.39 is 30.7 Å². The number of hydrazine groups is 1. The lowest BCUT2D eigenvalue weighted by Crippen LogP contribution is -2.59. The molecular weight excluding hydrogens is 484 g/mol. The summed E-state index contributed by atoms with van der Waals surface area (Å²) in [4.78, 5) is 22.6. The summed E-state index contributed by atoms with van der Waals surface area (Å²) in [6, 6.07) is 15.4. The molecule has 1 aliphatic heterocycles. The van der Waals surface area contributed by atoms with Crippen LogP contribution in [0.4, 0.5) is 0 Å². The van der Waals surface area contributed by atoms with Gasteiger partial charge in [-0.25, -0.2) is 5.43 Å². The van der Waals surface area contributed by atoms with Crippen molar-refractivity contribution in [1.29, 1.82) is 0 Å². The summed E-state index contributed by atoms with van der Waals surface area (Å²) in [6.45, 7) is 0.712. The minimum Gasteiger partial charge on any atom is -0.490 e. The Labute approximate surface area is 214 Å². The normalized spacial score (nSPS) is 23.6. The number of nitrogens with one attached hydrogen (secondary N) is 2. The number of ether oxygens (including phenoxy) is 4. The molecule has 5 atom stereocenters. The summed E-state index contributed by atoms with van der Waals surface area (Å²) in [7, 11) is 0. The molecule has 5 N–H and O–H groups in total. The van der Waals surface area contributed by atoms with Crippen LogP contribution in [0.1, 0.15) is 20.7 Å². The molecule has 0 aromatic heterocycles. The standard InChI is InChI=1S/C26H32N2O9/c29-16-18-8-10-20(11-9-18)35-14-5-4-13-34-17-21-22(30)23(31)24(32)26(37-21)36-15-12-27-28-25(33)19-6-2-1-3-7-19/h1-11,16,21-24,26-27,30-32H,12-15,17H2,(H,28,33)/b5-4+/t21-,22-,23+,24-,26-/m1/s1. The largest absolute Gasteiger partial charge is 0.490 e. The number of hydrogen-bond donors (Lipinski definition) is 5. The van der Waals surface area contributed by atoms with Crippen LogP contribution in [-0.2, 0) is 14.2 Å². The second kappa shape index (κ2) is 15.2. The third-order valence-corrected chi connectivity index (χ3v) is 5.44. The molecule has 1 heterocycles. The maximum absolute atomic E-state index is 12.0. The lowest BCUT2D eigenvalue weighted by molar-refractivity contribution is -0.302. The molecule has 0 bridgehead atoms. The number of carbonyl (C=O) groups is 2. The minimum absolute atomic E-state index is 0.0471. The average Bonchev–Trinajstić information content (AvgIpc) is 2.93. The predicted molar refractivity (Wildman–Crippen MR) is 132 cm³/mol. The van der Waals surface area contributed by atoms with E-state index in [0.717, 1.165) is 6.29 Å². The van der Waals surface area contributed by atoms with Crippen LogP contribution in [-0.4, -0.2) is 91.2 Å². The van der Waals surface area contributed by atoms with Crippen molar-refractivity contribution in [1.82, 2.24) is 10.9 Å². The molecule has 1 fully saturated rings. The van der Waals surface area contributed by atoms with Gasteiger partial charge in [0.15, 0.2) is 6.29 Å². The molecule has 11 heteroatoms. The van der Waals surface area contributed by atoms with Crippen LogP contribution in [0.25, 0.3) is 0 Å². The van der Waals surface area contributed by atoms with Crippen LogP contribution in [0.3, 0.4) is 0 Å². The van der Waals surface area contributed by atoms with Gasteiger partial charge in [-0.05, 0) is 42.5 Å². The fraction of sp³-hybridized carbons (Fsp3) is 0.385. The number of benzene rings is 2. The van der Waals surface area contributed by atoms with E-state index in [1.807, 2.05) is 6.07 Å². The summed E-state index contributed by atoms with van der Waals surface area (Å²) >= 11 is 0. The van der Waals surface area contributed by atoms with E-state index in [9.17, 15) is 24.9 Å². The molecule has 0 radical (unpaired) electrons. The molecule has 0 unspecified atom stereocenters. The first-order chi connectivity index (χ1) is 18.0. The van der Waals surface area contributed by atoms with Gasteiger partial charge in [0.25, 0.3) is 5.91 Å². The van der Waals surface area contributed by atoms with Crippen molar-refractivity contribution in [3.05, 3.63) is 77.9 Å². The van der Waals surface area contributed by atoms with Crippen molar-refractivity contribution < 1.29 is 43.9 Å². The zero-order valence-corrected chi connectivity index (χ0v) is 20.1. The molecule has 3 rings (SSSR count). The van der Waals surface area contributed by atoms with Gasteiger partial charge in [-0.3, -0.25) is 15.0 Å². The molecule has 11 nitrogen and oxygen atoms in total. The third-order valence-electron chi connectivity index (χ3n) is 5.44. The predicted octanol–water partition coefficient (Wildman–Crippen LogP) is 0.210. The van der Waals surface area contributed by atoms with E-state index in [0.29, 0.717) is 23.5 Å². The summed E-state index contributed by atoms with van der Waals surface area (Å²) in [5, 5.41) is 30.6. The van der Waals surface area contributed by atoms with E-state index in [1.165, 1.54) is 0 Å². The number of aldehydes is 1. The van der Waals surface area contributed by atoms with Gasteiger partial charge in [0, 0.05) is 17.7 Å². The third kappa shape index (κ3) is 9.02. The second-order valence-corrected chi connectivity index (χ2v) is 8.14. The maximum atomic E-state index is 12.0. The van der Waals surface area contributed by atoms with Gasteiger partial charge in [-0.1, -0.05) is 24.3 Å². The molecule has 1 aliphatic rings. The highest BCUT2D eigenvalue weighted by Gasteiger charge is 2.44. The number of amides is 1. The van der Waals surface area contributed by atoms with E-state index in [-0.39, 0.29) is 32.3 Å². The number of carbonyl (C=O) groups excluding carboxylic acids is 2. The Kier molecular flexibility index (Phi) is 11.7. The molecule has 2 aromatic carbocycles. The Morgan fingerprint density at radius 3 is 2.41 bits per heavy atom. The zero-order chi connectivity index (χ0) is 26.5. The highest BCUT2D eigenvalue weighted by molar-refractivity contribution is 5.93. The van der Waals surface area contributed by atoms with Gasteiger partial charge >= 0.3 is 0 Å². The van der Waals surface area contributed by atoms with Crippen LogP contribution in [0.2, 0.25) is 0 Å². The topological polar surface area (TPSA) is 156 Å². The van der Waals surface area contributed by atoms with Crippen LogP contribution in [0, 0.1) is 0 Å². The summed E-state index contributed by atoms with van der Waals surface area (Å²) in [5.74, 6) is 0.321. The van der Waals surface area contributed by atoms with Gasteiger partial charge < -0.3 is 34.3 Å². The molecule has 1 amide bonds. The van der Waals surface area contributed by atoms with Gasteiger partial charge in [-0.2, -0.15) is 0 Å². The highest BCUT2D eigenvalue weighted by atomic mass is 16.7. The number of hydrogen-bond acceptors (Lipinski definition) is 10. The molecule has 1 saturated heterocycles. The Bertz CT molecular complexity index is 987. The molecule has 200 valence electrons. The van der Waals surface area contributed by atoms with Crippen molar-refractivity contribution in [2.75, 3.05) is 33.0 Å². The Morgan fingerprint density at radius 1 is 0.946 bits per heavy atom. The van der Waals surface area contributed by atoms with E-state index in [1.54, 1.807) is 60.7 Å². The lowest BCUT2D eigenvalue weighted by Gasteiger charge is -2.40. The molecule has 2 aromatic rings. The first-order valence-corrected chi connectivity index (χ1v) is 11.8. The number of aliphatic hydroxyl groups is 3. The van der Waals surface area contributed by atoms with Gasteiger partial charge in [0.1, 0.15) is 43.1 Å². The van der Waals surface area contributed by atoms with Crippen molar-refractivity contribution in [3.8, 4) is 5.75 Å². The van der Waals surface area contributed by atoms with Crippen molar-refractivity contribution in [2.45, 2.75) is 30.7 Å². The summed E-state index contributed by atoms with van der Waals surface area (Å²) in [5.41, 5.74) is 6.30. The highest BCUT2D eigenvalue weighted by Crippen LogP contribution is 2.22. The van der Waals surface area contributed by atoms with E-state index in [2.05, 4.69) is 10.9 Å². The van der Waals surface area contributed by atoms with Gasteiger partial charge in [0.2, 0.25) is 0 Å². The number of rotatable bonds is 14. The Hall–Kier alpha value is -3.16. The van der Waals surface area contributed by atoms with E-state index >= 15 is 0 Å². The maximum Gasteiger partial charge on any atom is 0.265 e. The minimum atomic E-state index is -1.48. The van der Waals surface area contributed by atoms with E-state index in [4.69, 9.17) is 18.9 Å². The summed E-state index contributed by atoms with van der Waals surface area (Å²) < 4.78 is 22.1. The first kappa shape index (κ1) is 28.4. The molecule has 0 spiro atoms. The fourth-order valence-electron chi connectivity index (χ4n) is 3.40. The van der Waals surface area contributed by atoms with Crippen molar-refractivity contribution in [2.24, 2.45) is 0 Å². The Balaban J connectivity index is 1.32. The van der Waals surface area contributed by atoms with Crippen LogP contribution >= 0.6 is 0 Å². The molecule has 0 saturated carbocycles. The van der Waals surface area contributed by atoms with Gasteiger partial charge in [0.05, 0.1) is 19.8 Å². The molecular formula is C26H32N2O9. The van der Waals surface area contributed by atoms with Gasteiger partial charge in [-0.15, -0.1) is 0 Å². The van der Waals surface area contributed by atoms with Crippen LogP contribution in [0.15, 0.2) is 66.7 Å². The zero-order valence-electron chi connectivity index (χ0n) is 20.1. The fourth-order valence-corrected chi connectivity index (χ4v) is 3.40. The number of aliphatic hydroxyl groups excluding tert-OH is 3. The van der Waals surface area contributed by atoms with Crippen LogP contribution < -0.4 is 15.6 Å². The Morgan fingerprint density at radius 2 is 1.68 bits per heavy atom. The van der Waals surface area contributed by atoms with Crippen molar-refractivity contribution >= 4 is 12.2 Å². The SMILES string of the molecule is O=Cc1ccc(OC/C=C/COC[C@H]2O[C@@H](OCCNNC(=O)c3ccccc3)[C@H](O)[C@@H](O)[C@@H]2O)cc1. The molecule has 0 aliphatic carbocycles. The average molecular weight is 517 g/mol. The lowest BCUT2D eigenvalue weighted by atomic mass is 9.99.